The molecule has 1 fully saturated rings. The highest BCUT2D eigenvalue weighted by Gasteiger charge is 2.72. The second-order valence-electron chi connectivity index (χ2n) is 9.07. The second-order valence-corrected chi connectivity index (χ2v) is 9.51. The van der Waals surface area contributed by atoms with Crippen molar-refractivity contribution in [3.05, 3.63) is 106 Å². The van der Waals surface area contributed by atoms with Gasteiger partial charge >= 0.3 is 5.97 Å². The van der Waals surface area contributed by atoms with E-state index in [-0.39, 0.29) is 18.2 Å². The normalized spacial score (nSPS) is 23.3. The summed E-state index contributed by atoms with van der Waals surface area (Å²) >= 11 is 6.39. The molecule has 1 spiro atoms. The summed E-state index contributed by atoms with van der Waals surface area (Å²) in [5.41, 5.74) is 1.61. The molecule has 0 amide bonds. The molecule has 5 nitrogen and oxygen atoms in total. The standard InChI is InChI=1S/C29H22ClNO4/c1-2-35-28(34)25-24(18-9-7-10-19(30)16-18)29(26(32)20-11-4-5-12-21(20)27(29)33)23-15-14-17-8-3-6-13-22(17)31(23)25/h3-16,23-25H,2H2,1H3/t23-,24+,25-/m1/s1. The summed E-state index contributed by atoms with van der Waals surface area (Å²) in [4.78, 5) is 44.2. The van der Waals surface area contributed by atoms with Crippen molar-refractivity contribution in [2.75, 3.05) is 11.5 Å². The molecule has 2 aliphatic heterocycles. The van der Waals surface area contributed by atoms with Crippen LogP contribution in [0.1, 0.15) is 44.7 Å². The van der Waals surface area contributed by atoms with Crippen molar-refractivity contribution in [2.24, 2.45) is 5.41 Å². The molecule has 3 atom stereocenters. The van der Waals surface area contributed by atoms with Gasteiger partial charge in [0.25, 0.3) is 0 Å². The molecule has 3 aromatic carbocycles. The van der Waals surface area contributed by atoms with Crippen LogP contribution < -0.4 is 4.90 Å². The van der Waals surface area contributed by atoms with Gasteiger partial charge in [-0.3, -0.25) is 9.59 Å². The van der Waals surface area contributed by atoms with Crippen molar-refractivity contribution in [2.45, 2.75) is 24.9 Å². The van der Waals surface area contributed by atoms with Gasteiger partial charge in [0.2, 0.25) is 0 Å². The number of anilines is 1. The maximum atomic E-state index is 14.3. The molecule has 3 aliphatic rings. The highest BCUT2D eigenvalue weighted by atomic mass is 35.5. The minimum atomic E-state index is -1.53. The Hall–Kier alpha value is -3.70. The largest absolute Gasteiger partial charge is 0.464 e. The zero-order valence-corrected chi connectivity index (χ0v) is 19.7. The highest BCUT2D eigenvalue weighted by molar-refractivity contribution is 6.32. The molecule has 35 heavy (non-hydrogen) atoms. The molecule has 0 bridgehead atoms. The quantitative estimate of drug-likeness (QED) is 0.372. The number of halogens is 1. The fourth-order valence-electron chi connectivity index (χ4n) is 6.19. The highest BCUT2D eigenvalue weighted by Crippen LogP contribution is 2.60. The number of esters is 1. The van der Waals surface area contributed by atoms with Crippen LogP contribution in [-0.4, -0.2) is 36.2 Å². The summed E-state index contributed by atoms with van der Waals surface area (Å²) in [6.45, 7) is 1.93. The number of benzene rings is 3. The number of Topliss-reactive ketones (excluding diaryl/α,β-unsaturated/α-hetero) is 2. The SMILES string of the molecule is CCOC(=O)[C@H]1[C@H](c2cccc(Cl)c2)C2(C(=O)c3ccccc3C2=O)[C@H]2C=Cc3ccccc3N12. The van der Waals surface area contributed by atoms with Crippen molar-refractivity contribution < 1.29 is 19.1 Å². The van der Waals surface area contributed by atoms with E-state index in [0.29, 0.717) is 21.7 Å². The lowest BCUT2D eigenvalue weighted by Gasteiger charge is -2.36. The van der Waals surface area contributed by atoms with Crippen molar-refractivity contribution in [1.29, 1.82) is 0 Å². The number of ketones is 2. The van der Waals surface area contributed by atoms with E-state index < -0.39 is 29.4 Å². The molecule has 3 aromatic rings. The predicted octanol–water partition coefficient (Wildman–Crippen LogP) is 5.34. The molecule has 1 aliphatic carbocycles. The molecule has 6 rings (SSSR count). The number of ether oxygens (including phenoxy) is 1. The van der Waals surface area contributed by atoms with E-state index in [1.54, 1.807) is 49.4 Å². The van der Waals surface area contributed by atoms with Crippen molar-refractivity contribution in [1.82, 2.24) is 0 Å². The molecule has 0 N–H and O–H groups in total. The van der Waals surface area contributed by atoms with Crippen LogP contribution in [0, 0.1) is 5.41 Å². The first-order chi connectivity index (χ1) is 17.0. The van der Waals surface area contributed by atoms with Gasteiger partial charge in [0.15, 0.2) is 11.6 Å². The monoisotopic (exact) mass is 483 g/mol. The fourth-order valence-corrected chi connectivity index (χ4v) is 6.39. The molecule has 174 valence electrons. The van der Waals surface area contributed by atoms with Gasteiger partial charge in [0.1, 0.15) is 11.5 Å². The summed E-state index contributed by atoms with van der Waals surface area (Å²) in [6.07, 6.45) is 3.82. The lowest BCUT2D eigenvalue weighted by atomic mass is 9.65. The minimum Gasteiger partial charge on any atom is -0.464 e. The summed E-state index contributed by atoms with van der Waals surface area (Å²) in [7, 11) is 0. The lowest BCUT2D eigenvalue weighted by Crippen LogP contribution is -2.48. The van der Waals surface area contributed by atoms with E-state index in [0.717, 1.165) is 11.3 Å². The first kappa shape index (κ1) is 21.8. The van der Waals surface area contributed by atoms with Gasteiger partial charge in [-0.1, -0.05) is 78.4 Å². The van der Waals surface area contributed by atoms with E-state index in [9.17, 15) is 14.4 Å². The first-order valence-electron chi connectivity index (χ1n) is 11.7. The van der Waals surface area contributed by atoms with Gasteiger partial charge in [-0.2, -0.15) is 0 Å². The summed E-state index contributed by atoms with van der Waals surface area (Å²) in [5.74, 6) is -1.81. The average Bonchev–Trinajstić information content (AvgIpc) is 3.31. The number of rotatable bonds is 3. The number of carbonyl (C=O) groups excluding carboxylic acids is 3. The molecule has 0 radical (unpaired) electrons. The van der Waals surface area contributed by atoms with E-state index in [1.165, 1.54) is 0 Å². The van der Waals surface area contributed by atoms with Crippen LogP contribution in [0.2, 0.25) is 5.02 Å². The lowest BCUT2D eigenvalue weighted by molar-refractivity contribution is -0.145. The summed E-state index contributed by atoms with van der Waals surface area (Å²) in [5, 5.41) is 0.469. The number of hydrogen-bond donors (Lipinski definition) is 0. The van der Waals surface area contributed by atoms with Gasteiger partial charge in [0, 0.05) is 27.8 Å². The molecule has 6 heteroatoms. The van der Waals surface area contributed by atoms with Gasteiger partial charge in [-0.15, -0.1) is 0 Å². The minimum absolute atomic E-state index is 0.183. The van der Waals surface area contributed by atoms with E-state index in [1.807, 2.05) is 47.4 Å². The van der Waals surface area contributed by atoms with Gasteiger partial charge in [-0.25, -0.2) is 4.79 Å². The maximum absolute atomic E-state index is 14.3. The number of carbonyl (C=O) groups is 3. The van der Waals surface area contributed by atoms with E-state index in [4.69, 9.17) is 16.3 Å². The van der Waals surface area contributed by atoms with Gasteiger partial charge in [0.05, 0.1) is 12.6 Å². The average molecular weight is 484 g/mol. The topological polar surface area (TPSA) is 63.7 Å². The van der Waals surface area contributed by atoms with Crippen molar-refractivity contribution in [3.63, 3.8) is 0 Å². The Morgan fingerprint density at radius 3 is 2.34 bits per heavy atom. The summed E-state index contributed by atoms with van der Waals surface area (Å²) in [6, 6.07) is 20.2. The third-order valence-corrected chi connectivity index (χ3v) is 7.68. The Balaban J connectivity index is 1.68. The summed E-state index contributed by atoms with van der Waals surface area (Å²) < 4.78 is 5.56. The molecule has 1 saturated heterocycles. The molecule has 2 heterocycles. The Labute approximate surface area is 208 Å². The van der Waals surface area contributed by atoms with Crippen molar-refractivity contribution in [3.8, 4) is 0 Å². The second kappa shape index (κ2) is 7.92. The molecular weight excluding hydrogens is 462 g/mol. The van der Waals surface area contributed by atoms with Gasteiger partial charge in [-0.05, 0) is 36.2 Å². The Bertz CT molecular complexity index is 1390. The van der Waals surface area contributed by atoms with E-state index in [2.05, 4.69) is 0 Å². The number of fused-ring (bicyclic) bond motifs is 5. The van der Waals surface area contributed by atoms with Crippen LogP contribution in [0.5, 0.6) is 0 Å². The first-order valence-corrected chi connectivity index (χ1v) is 12.0. The predicted molar refractivity (Wildman–Crippen MR) is 134 cm³/mol. The van der Waals surface area contributed by atoms with Crippen molar-refractivity contribution >= 4 is 40.9 Å². The fraction of sp³-hybridized carbons (Fsp3) is 0.207. The number of hydrogen-bond acceptors (Lipinski definition) is 5. The molecule has 0 aromatic heterocycles. The van der Waals surface area contributed by atoms with Crippen LogP contribution in [0.15, 0.2) is 78.9 Å². The van der Waals surface area contributed by atoms with Gasteiger partial charge < -0.3 is 9.64 Å². The van der Waals surface area contributed by atoms with Crippen LogP contribution in [0.4, 0.5) is 5.69 Å². The maximum Gasteiger partial charge on any atom is 0.329 e. The Morgan fingerprint density at radius 1 is 0.971 bits per heavy atom. The van der Waals surface area contributed by atoms with Crippen LogP contribution in [0.3, 0.4) is 0 Å². The van der Waals surface area contributed by atoms with Crippen LogP contribution in [-0.2, 0) is 9.53 Å². The third-order valence-electron chi connectivity index (χ3n) is 7.45. The zero-order chi connectivity index (χ0) is 24.3. The molecule has 0 unspecified atom stereocenters. The smallest absolute Gasteiger partial charge is 0.329 e. The third kappa shape index (κ3) is 2.85. The molecular formula is C29H22ClNO4. The Kier molecular flexibility index (Phi) is 4.94. The number of nitrogens with zero attached hydrogens (tertiary/aromatic N) is 1. The molecule has 0 saturated carbocycles. The van der Waals surface area contributed by atoms with Crippen LogP contribution >= 0.6 is 11.6 Å². The Morgan fingerprint density at radius 2 is 1.66 bits per heavy atom. The van der Waals surface area contributed by atoms with Crippen LogP contribution in [0.25, 0.3) is 6.08 Å². The zero-order valence-electron chi connectivity index (χ0n) is 19.0. The van der Waals surface area contributed by atoms with E-state index >= 15 is 0 Å². The number of para-hydroxylation sites is 1.